The maximum atomic E-state index is 13.4. The molecule has 1 aliphatic rings. The molecule has 34 heavy (non-hydrogen) atoms. The quantitative estimate of drug-likeness (QED) is 0.465. The number of anilines is 1. The van der Waals surface area contributed by atoms with Gasteiger partial charge in [0.15, 0.2) is 0 Å². The van der Waals surface area contributed by atoms with Gasteiger partial charge in [0.05, 0.1) is 16.0 Å². The molecule has 3 aromatic rings. The van der Waals surface area contributed by atoms with Gasteiger partial charge in [-0.05, 0) is 48.4 Å². The van der Waals surface area contributed by atoms with E-state index < -0.39 is 23.9 Å². The molecule has 3 N–H and O–H groups in total. The van der Waals surface area contributed by atoms with Crippen molar-refractivity contribution in [2.75, 3.05) is 18.4 Å². The predicted octanol–water partition coefficient (Wildman–Crippen LogP) is 4.22. The van der Waals surface area contributed by atoms with Gasteiger partial charge in [-0.2, -0.15) is 13.2 Å². The van der Waals surface area contributed by atoms with Crippen LogP contribution in [-0.2, 0) is 22.3 Å². The predicted molar refractivity (Wildman–Crippen MR) is 118 cm³/mol. The topological polar surface area (TPSA) is 125 Å². The van der Waals surface area contributed by atoms with E-state index in [1.807, 2.05) is 17.5 Å². The molecule has 0 saturated carbocycles. The average molecular weight is 498 g/mol. The SMILES string of the molecule is O=C(Nc1cccs1)N1CCC(Cn2c(C(F)(F)F)nc3ccccc32)CC1.O=C(O)C(=O)O. The highest BCUT2D eigenvalue weighted by Gasteiger charge is 2.38. The average Bonchev–Trinajstić information content (AvgIpc) is 3.42. The van der Waals surface area contributed by atoms with Gasteiger partial charge >= 0.3 is 24.1 Å². The largest absolute Gasteiger partial charge is 0.473 e. The smallest absolute Gasteiger partial charge is 0.449 e. The van der Waals surface area contributed by atoms with Gasteiger partial charge in [0.25, 0.3) is 0 Å². The summed E-state index contributed by atoms with van der Waals surface area (Å²) < 4.78 is 41.6. The van der Waals surface area contributed by atoms with Crippen LogP contribution in [0.3, 0.4) is 0 Å². The van der Waals surface area contributed by atoms with Crippen molar-refractivity contribution in [2.24, 2.45) is 5.92 Å². The normalized spacial score (nSPS) is 14.4. The number of carboxylic acid groups (broad SMARTS) is 2. The van der Waals surface area contributed by atoms with Crippen LogP contribution in [0.5, 0.6) is 0 Å². The number of amides is 2. The van der Waals surface area contributed by atoms with E-state index in [1.54, 1.807) is 29.2 Å². The summed E-state index contributed by atoms with van der Waals surface area (Å²) >= 11 is 1.45. The number of thiophene rings is 1. The highest BCUT2D eigenvalue weighted by Crippen LogP contribution is 2.33. The second-order valence-corrected chi connectivity index (χ2v) is 8.43. The molecule has 13 heteroatoms. The van der Waals surface area contributed by atoms with E-state index in [-0.39, 0.29) is 18.5 Å². The minimum absolute atomic E-state index is 0.0597. The van der Waals surface area contributed by atoms with Crippen molar-refractivity contribution in [1.82, 2.24) is 14.5 Å². The number of hydrogen-bond donors (Lipinski definition) is 3. The lowest BCUT2D eigenvalue weighted by Gasteiger charge is -2.32. The zero-order chi connectivity index (χ0) is 24.9. The fourth-order valence-corrected chi connectivity index (χ4v) is 4.19. The molecule has 2 amide bonds. The third-order valence-electron chi connectivity index (χ3n) is 5.18. The molecule has 0 spiro atoms. The van der Waals surface area contributed by atoms with Crippen LogP contribution in [0.2, 0.25) is 0 Å². The van der Waals surface area contributed by atoms with Crippen LogP contribution in [-0.4, -0.2) is 55.7 Å². The number of aromatic nitrogens is 2. The zero-order valence-electron chi connectivity index (χ0n) is 17.7. The molecular formula is C21H21F3N4O5S. The monoisotopic (exact) mass is 498 g/mol. The van der Waals surface area contributed by atoms with Crippen LogP contribution in [0.4, 0.5) is 23.0 Å². The molecule has 0 radical (unpaired) electrons. The molecule has 1 aliphatic heterocycles. The Hall–Kier alpha value is -3.61. The number of imidazole rings is 1. The molecule has 3 heterocycles. The first-order valence-electron chi connectivity index (χ1n) is 10.1. The van der Waals surface area contributed by atoms with E-state index in [2.05, 4.69) is 10.3 Å². The molecular weight excluding hydrogens is 477 g/mol. The lowest BCUT2D eigenvalue weighted by atomic mass is 9.96. The van der Waals surface area contributed by atoms with E-state index in [4.69, 9.17) is 19.8 Å². The summed E-state index contributed by atoms with van der Waals surface area (Å²) in [5.74, 6) is -4.44. The number of nitrogens with zero attached hydrogens (tertiary/aromatic N) is 3. The number of likely N-dealkylation sites (tertiary alicyclic amines) is 1. The van der Waals surface area contributed by atoms with Crippen LogP contribution in [0.15, 0.2) is 41.8 Å². The molecule has 0 aliphatic carbocycles. The number of rotatable bonds is 3. The number of nitrogens with one attached hydrogen (secondary N) is 1. The van der Waals surface area contributed by atoms with E-state index in [0.717, 1.165) is 5.00 Å². The maximum absolute atomic E-state index is 13.4. The number of carbonyl (C=O) groups is 3. The number of benzene rings is 1. The van der Waals surface area contributed by atoms with Gasteiger partial charge in [0.2, 0.25) is 5.82 Å². The lowest BCUT2D eigenvalue weighted by molar-refractivity contribution is -0.159. The lowest BCUT2D eigenvalue weighted by Crippen LogP contribution is -2.41. The Morgan fingerprint density at radius 2 is 1.71 bits per heavy atom. The molecule has 0 unspecified atom stereocenters. The molecule has 1 fully saturated rings. The number of aliphatic carboxylic acids is 2. The maximum Gasteiger partial charge on any atom is 0.449 e. The number of fused-ring (bicyclic) bond motifs is 1. The Labute approximate surface area is 195 Å². The number of carbonyl (C=O) groups excluding carboxylic acids is 1. The van der Waals surface area contributed by atoms with Gasteiger partial charge in [-0.1, -0.05) is 12.1 Å². The van der Waals surface area contributed by atoms with E-state index >= 15 is 0 Å². The summed E-state index contributed by atoms with van der Waals surface area (Å²) in [6, 6.07) is 10.2. The van der Waals surface area contributed by atoms with Crippen molar-refractivity contribution in [3.05, 3.63) is 47.6 Å². The van der Waals surface area contributed by atoms with Crippen LogP contribution in [0.1, 0.15) is 18.7 Å². The summed E-state index contributed by atoms with van der Waals surface area (Å²) in [5, 5.41) is 20.3. The standard InChI is InChI=1S/C19H19F3N4OS.C2H2O4/c20-19(21,22)17-23-14-4-1-2-5-15(14)26(17)12-13-7-9-25(10-8-13)18(27)24-16-6-3-11-28-16;3-1(4)2(5)6/h1-6,11,13H,7-10,12H2,(H,24,27);(H,3,4)(H,5,6). The number of hydrogen-bond acceptors (Lipinski definition) is 5. The van der Waals surface area contributed by atoms with Gasteiger partial charge in [0.1, 0.15) is 0 Å². The molecule has 2 aromatic heterocycles. The van der Waals surface area contributed by atoms with Gasteiger partial charge in [0, 0.05) is 19.6 Å². The summed E-state index contributed by atoms with van der Waals surface area (Å²) in [6.45, 7) is 1.29. The number of urea groups is 1. The third-order valence-corrected chi connectivity index (χ3v) is 5.97. The highest BCUT2D eigenvalue weighted by molar-refractivity contribution is 7.14. The van der Waals surface area contributed by atoms with Crippen LogP contribution in [0, 0.1) is 5.92 Å². The molecule has 0 atom stereocenters. The fraction of sp³-hybridized carbons (Fsp3) is 0.333. The molecule has 1 saturated heterocycles. The Kier molecular flexibility index (Phi) is 7.76. The van der Waals surface area contributed by atoms with Crippen LogP contribution < -0.4 is 5.32 Å². The molecule has 182 valence electrons. The molecule has 4 rings (SSSR count). The van der Waals surface area contributed by atoms with Crippen molar-refractivity contribution in [1.29, 1.82) is 0 Å². The Balaban J connectivity index is 0.000000481. The van der Waals surface area contributed by atoms with Gasteiger partial charge in [-0.15, -0.1) is 11.3 Å². The van der Waals surface area contributed by atoms with Crippen molar-refractivity contribution < 1.29 is 37.8 Å². The molecule has 1 aromatic carbocycles. The first-order chi connectivity index (χ1) is 16.1. The molecule has 0 bridgehead atoms. The second kappa shape index (κ2) is 10.5. The van der Waals surface area contributed by atoms with Crippen molar-refractivity contribution >= 4 is 45.3 Å². The fourth-order valence-electron chi connectivity index (χ4n) is 3.59. The number of carboxylic acids is 2. The molecule has 9 nitrogen and oxygen atoms in total. The van der Waals surface area contributed by atoms with E-state index in [1.165, 1.54) is 15.9 Å². The van der Waals surface area contributed by atoms with Crippen molar-refractivity contribution in [3.63, 3.8) is 0 Å². The highest BCUT2D eigenvalue weighted by atomic mass is 32.1. The van der Waals surface area contributed by atoms with Gasteiger partial charge < -0.3 is 19.7 Å². The van der Waals surface area contributed by atoms with Crippen molar-refractivity contribution in [2.45, 2.75) is 25.6 Å². The number of para-hydroxylation sites is 2. The summed E-state index contributed by atoms with van der Waals surface area (Å²) in [5.41, 5.74) is 0.843. The number of piperidine rings is 1. The summed E-state index contributed by atoms with van der Waals surface area (Å²) in [6.07, 6.45) is -3.19. The van der Waals surface area contributed by atoms with Crippen LogP contribution in [0.25, 0.3) is 11.0 Å². The van der Waals surface area contributed by atoms with Gasteiger partial charge in [-0.25, -0.2) is 19.4 Å². The van der Waals surface area contributed by atoms with Crippen molar-refractivity contribution in [3.8, 4) is 0 Å². The Morgan fingerprint density at radius 1 is 1.06 bits per heavy atom. The zero-order valence-corrected chi connectivity index (χ0v) is 18.5. The Morgan fingerprint density at radius 3 is 2.26 bits per heavy atom. The minimum atomic E-state index is -4.50. The second-order valence-electron chi connectivity index (χ2n) is 7.48. The summed E-state index contributed by atoms with van der Waals surface area (Å²) in [7, 11) is 0. The third kappa shape index (κ3) is 6.25. The van der Waals surface area contributed by atoms with E-state index in [0.29, 0.717) is 37.0 Å². The summed E-state index contributed by atoms with van der Waals surface area (Å²) in [4.78, 5) is 36.0. The first kappa shape index (κ1) is 25.0. The first-order valence-corrected chi connectivity index (χ1v) is 11.0. The number of halogens is 3. The van der Waals surface area contributed by atoms with Crippen LogP contribution >= 0.6 is 11.3 Å². The number of alkyl halides is 3. The van der Waals surface area contributed by atoms with E-state index in [9.17, 15) is 18.0 Å². The minimum Gasteiger partial charge on any atom is -0.473 e. The Bertz CT molecular complexity index is 1140. The van der Waals surface area contributed by atoms with Gasteiger partial charge in [-0.3, -0.25) is 5.32 Å².